The second-order valence-corrected chi connectivity index (χ2v) is 2.79. The predicted molar refractivity (Wildman–Crippen MR) is 49.6 cm³/mol. The van der Waals surface area contributed by atoms with Crippen LogP contribution in [-0.4, -0.2) is 17.8 Å². The number of rotatable bonds is 3. The van der Waals surface area contributed by atoms with Gasteiger partial charge in [-0.25, -0.2) is 0 Å². The van der Waals surface area contributed by atoms with Crippen LogP contribution in [0.25, 0.3) is 0 Å². The molecule has 1 aromatic carbocycles. The highest BCUT2D eigenvalue weighted by molar-refractivity contribution is 5.97. The summed E-state index contributed by atoms with van der Waals surface area (Å²) in [6, 6.07) is 2.15. The molecule has 80 valence electrons. The lowest BCUT2D eigenvalue weighted by Gasteiger charge is -2.06. The van der Waals surface area contributed by atoms with E-state index >= 15 is 0 Å². The molecule has 0 unspecified atom stereocenters. The van der Waals surface area contributed by atoms with Gasteiger partial charge < -0.3 is 4.74 Å². The van der Waals surface area contributed by atoms with E-state index in [0.717, 1.165) is 13.0 Å². The fraction of sp³-hybridized carbons (Fsp3) is 0.222. The number of methoxy groups -OCH3 is 1. The summed E-state index contributed by atoms with van der Waals surface area (Å²) < 4.78 is 18.2. The van der Waals surface area contributed by atoms with Crippen LogP contribution in [0.1, 0.15) is 17.3 Å². The van der Waals surface area contributed by atoms with Crippen LogP contribution in [-0.2, 0) is 0 Å². The van der Waals surface area contributed by atoms with E-state index in [1.165, 1.54) is 13.2 Å². The molecule has 0 aromatic heterocycles. The zero-order valence-corrected chi connectivity index (χ0v) is 8.11. The van der Waals surface area contributed by atoms with Gasteiger partial charge in [0.05, 0.1) is 12.0 Å². The average Bonchev–Trinajstić information content (AvgIpc) is 2.15. The zero-order chi connectivity index (χ0) is 11.6. The van der Waals surface area contributed by atoms with Crippen molar-refractivity contribution in [2.75, 3.05) is 7.11 Å². The van der Waals surface area contributed by atoms with Crippen molar-refractivity contribution in [3.05, 3.63) is 33.6 Å². The molecule has 0 aliphatic rings. The summed E-state index contributed by atoms with van der Waals surface area (Å²) in [5, 5.41) is 10.4. The first-order valence-corrected chi connectivity index (χ1v) is 4.00. The molecule has 0 heterocycles. The molecule has 0 atom stereocenters. The third-order valence-electron chi connectivity index (χ3n) is 1.85. The maximum atomic E-state index is 13.5. The second-order valence-electron chi connectivity index (χ2n) is 2.79. The molecule has 0 spiro atoms. The molecule has 0 amide bonds. The number of Topliss-reactive ketones (excluding diaryl/α,β-unsaturated/α-hetero) is 1. The Morgan fingerprint density at radius 1 is 1.53 bits per heavy atom. The number of carbonyl (C=O) groups is 1. The molecule has 0 aliphatic heterocycles. The van der Waals surface area contributed by atoms with Crippen LogP contribution < -0.4 is 4.74 Å². The third kappa shape index (κ3) is 1.93. The number of ketones is 1. The molecule has 15 heavy (non-hydrogen) atoms. The average molecular weight is 213 g/mol. The van der Waals surface area contributed by atoms with Crippen molar-refractivity contribution in [3.8, 4) is 5.75 Å². The summed E-state index contributed by atoms with van der Waals surface area (Å²) in [7, 11) is 1.26. The summed E-state index contributed by atoms with van der Waals surface area (Å²) in [4.78, 5) is 20.6. The van der Waals surface area contributed by atoms with E-state index in [-0.39, 0.29) is 5.75 Å². The second kappa shape index (κ2) is 4.04. The molecular formula is C9H8FNO4. The minimum Gasteiger partial charge on any atom is -0.496 e. The number of halogens is 1. The molecule has 5 nitrogen and oxygen atoms in total. The van der Waals surface area contributed by atoms with Gasteiger partial charge in [-0.3, -0.25) is 14.9 Å². The van der Waals surface area contributed by atoms with Crippen LogP contribution in [0.15, 0.2) is 12.1 Å². The lowest BCUT2D eigenvalue weighted by Crippen LogP contribution is -2.04. The van der Waals surface area contributed by atoms with Gasteiger partial charge in [-0.1, -0.05) is 0 Å². The Morgan fingerprint density at radius 2 is 2.13 bits per heavy atom. The van der Waals surface area contributed by atoms with Crippen molar-refractivity contribution in [2.45, 2.75) is 6.92 Å². The maximum Gasteiger partial charge on any atom is 0.305 e. The van der Waals surface area contributed by atoms with Crippen LogP contribution in [0.3, 0.4) is 0 Å². The molecule has 1 aromatic rings. The lowest BCUT2D eigenvalue weighted by molar-refractivity contribution is -0.387. The Morgan fingerprint density at radius 3 is 2.53 bits per heavy atom. The first-order chi connectivity index (χ1) is 6.99. The Kier molecular flexibility index (Phi) is 2.99. The van der Waals surface area contributed by atoms with Crippen LogP contribution in [0.4, 0.5) is 10.1 Å². The molecule has 1 rings (SSSR count). The van der Waals surface area contributed by atoms with Gasteiger partial charge in [-0.05, 0) is 13.0 Å². The lowest BCUT2D eigenvalue weighted by atomic mass is 10.1. The number of benzene rings is 1. The number of nitro benzene ring substituents is 1. The van der Waals surface area contributed by atoms with E-state index in [1.54, 1.807) is 0 Å². The van der Waals surface area contributed by atoms with Gasteiger partial charge in [-0.15, -0.1) is 0 Å². The predicted octanol–water partition coefficient (Wildman–Crippen LogP) is 1.95. The number of nitrogens with zero attached hydrogens (tertiary/aromatic N) is 1. The van der Waals surface area contributed by atoms with E-state index in [0.29, 0.717) is 0 Å². The largest absolute Gasteiger partial charge is 0.496 e. The van der Waals surface area contributed by atoms with E-state index < -0.39 is 27.8 Å². The number of hydrogen-bond donors (Lipinski definition) is 0. The monoisotopic (exact) mass is 213 g/mol. The third-order valence-corrected chi connectivity index (χ3v) is 1.85. The Labute approximate surface area is 84.6 Å². The minimum absolute atomic E-state index is 0.00870. The van der Waals surface area contributed by atoms with E-state index in [2.05, 4.69) is 0 Å². The summed E-state index contributed by atoms with van der Waals surface area (Å²) >= 11 is 0. The molecule has 0 fully saturated rings. The van der Waals surface area contributed by atoms with Gasteiger partial charge in [-0.2, -0.15) is 4.39 Å². The fourth-order valence-corrected chi connectivity index (χ4v) is 1.19. The Balaban J connectivity index is 3.49. The highest BCUT2D eigenvalue weighted by Crippen LogP contribution is 2.28. The Hall–Kier alpha value is -1.98. The molecule has 0 saturated heterocycles. The quantitative estimate of drug-likeness (QED) is 0.437. The van der Waals surface area contributed by atoms with Crippen LogP contribution in [0.5, 0.6) is 5.75 Å². The highest BCUT2D eigenvalue weighted by atomic mass is 19.1. The van der Waals surface area contributed by atoms with E-state index in [1.807, 2.05) is 0 Å². The van der Waals surface area contributed by atoms with E-state index in [9.17, 15) is 19.3 Å². The molecule has 0 N–H and O–H groups in total. The summed E-state index contributed by atoms with van der Waals surface area (Å²) in [5.74, 6) is -1.79. The van der Waals surface area contributed by atoms with Crippen LogP contribution in [0.2, 0.25) is 0 Å². The molecule has 6 heteroatoms. The van der Waals surface area contributed by atoms with Gasteiger partial charge in [0.2, 0.25) is 5.82 Å². The summed E-state index contributed by atoms with van der Waals surface area (Å²) in [6.07, 6.45) is 0. The van der Waals surface area contributed by atoms with Crippen molar-refractivity contribution in [3.63, 3.8) is 0 Å². The topological polar surface area (TPSA) is 69.4 Å². The Bertz CT molecular complexity index is 430. The van der Waals surface area contributed by atoms with Crippen molar-refractivity contribution in [1.29, 1.82) is 0 Å². The zero-order valence-electron chi connectivity index (χ0n) is 8.11. The molecule has 0 saturated carbocycles. The SMILES string of the molecule is COc1ccc([N+](=O)[O-])c(F)c1C(C)=O. The van der Waals surface area contributed by atoms with Crippen molar-refractivity contribution in [2.24, 2.45) is 0 Å². The molecular weight excluding hydrogens is 205 g/mol. The van der Waals surface area contributed by atoms with Gasteiger partial charge in [0.25, 0.3) is 0 Å². The number of hydrogen-bond acceptors (Lipinski definition) is 4. The van der Waals surface area contributed by atoms with Gasteiger partial charge in [0, 0.05) is 6.07 Å². The van der Waals surface area contributed by atoms with Gasteiger partial charge >= 0.3 is 5.69 Å². The molecule has 0 bridgehead atoms. The number of nitro groups is 1. The summed E-state index contributed by atoms with van der Waals surface area (Å²) in [6.45, 7) is 1.12. The van der Waals surface area contributed by atoms with Crippen LogP contribution >= 0.6 is 0 Å². The van der Waals surface area contributed by atoms with Crippen LogP contribution in [0, 0.1) is 15.9 Å². The molecule has 0 radical (unpaired) electrons. The number of ether oxygens (including phenoxy) is 1. The normalized spacial score (nSPS) is 9.80. The summed E-state index contributed by atoms with van der Waals surface area (Å²) in [5.41, 5.74) is -1.13. The van der Waals surface area contributed by atoms with E-state index in [4.69, 9.17) is 4.74 Å². The van der Waals surface area contributed by atoms with Crippen molar-refractivity contribution < 1.29 is 18.8 Å². The minimum atomic E-state index is -1.16. The van der Waals surface area contributed by atoms with Crippen molar-refractivity contribution >= 4 is 11.5 Å². The first-order valence-electron chi connectivity index (χ1n) is 4.00. The molecule has 0 aliphatic carbocycles. The smallest absolute Gasteiger partial charge is 0.305 e. The van der Waals surface area contributed by atoms with Crippen molar-refractivity contribution in [1.82, 2.24) is 0 Å². The fourth-order valence-electron chi connectivity index (χ4n) is 1.19. The maximum absolute atomic E-state index is 13.5. The van der Waals surface area contributed by atoms with Gasteiger partial charge in [0.1, 0.15) is 11.3 Å². The highest BCUT2D eigenvalue weighted by Gasteiger charge is 2.24. The number of carbonyl (C=O) groups excluding carboxylic acids is 1. The first kappa shape index (κ1) is 11.1. The standard InChI is InChI=1S/C9H8FNO4/c1-5(12)8-7(15-2)4-3-6(9(8)10)11(13)14/h3-4H,1-2H3. The van der Waals surface area contributed by atoms with Gasteiger partial charge in [0.15, 0.2) is 5.78 Å².